The molecular formula is C17H28N2. The van der Waals surface area contributed by atoms with Crippen molar-refractivity contribution in [3.63, 3.8) is 0 Å². The molecule has 1 aromatic rings. The summed E-state index contributed by atoms with van der Waals surface area (Å²) in [5, 5.41) is 3.66. The topological polar surface area (TPSA) is 24.9 Å². The van der Waals surface area contributed by atoms with Crippen LogP contribution in [0.3, 0.4) is 0 Å². The van der Waals surface area contributed by atoms with Crippen molar-refractivity contribution in [1.82, 2.24) is 10.3 Å². The first-order chi connectivity index (χ1) is 9.29. The Hall–Kier alpha value is -1.15. The highest BCUT2D eigenvalue weighted by atomic mass is 14.9. The van der Waals surface area contributed by atoms with Crippen molar-refractivity contribution in [1.29, 1.82) is 0 Å². The minimum absolute atomic E-state index is 0.456. The number of hydrogen-bond donors (Lipinski definition) is 1. The van der Waals surface area contributed by atoms with E-state index in [1.807, 2.05) is 18.5 Å². The minimum atomic E-state index is 0.456. The van der Waals surface area contributed by atoms with Gasteiger partial charge in [0.05, 0.1) is 0 Å². The predicted octanol–water partition coefficient (Wildman–Crippen LogP) is 4.57. The lowest BCUT2D eigenvalue weighted by Crippen LogP contribution is -2.23. The third kappa shape index (κ3) is 6.02. The Kier molecular flexibility index (Phi) is 8.15. The molecule has 1 heterocycles. The van der Waals surface area contributed by atoms with E-state index >= 15 is 0 Å². The molecule has 1 N–H and O–H groups in total. The summed E-state index contributed by atoms with van der Waals surface area (Å²) in [7, 11) is 0. The fourth-order valence-electron chi connectivity index (χ4n) is 2.34. The number of unbranched alkanes of at least 4 members (excludes halogenated alkanes) is 3. The van der Waals surface area contributed by atoms with Crippen LogP contribution in [0.2, 0.25) is 0 Å². The average molecular weight is 260 g/mol. The number of pyridine rings is 1. The molecule has 0 radical (unpaired) electrons. The molecule has 0 bridgehead atoms. The standard InChI is InChI=1S/C17H28N2/c1-4-6-7-8-9-10-17(19-12-5-2)16-14-18-13-11-15(16)3/h4,11,13-14,17,19H,1,5-10,12H2,2-3H3. The van der Waals surface area contributed by atoms with E-state index in [9.17, 15) is 0 Å². The number of aromatic nitrogens is 1. The van der Waals surface area contributed by atoms with E-state index in [-0.39, 0.29) is 0 Å². The Morgan fingerprint density at radius 2 is 2.21 bits per heavy atom. The van der Waals surface area contributed by atoms with Gasteiger partial charge in [-0.2, -0.15) is 0 Å². The average Bonchev–Trinajstić information content (AvgIpc) is 2.43. The van der Waals surface area contributed by atoms with E-state index in [1.54, 1.807) is 0 Å². The van der Waals surface area contributed by atoms with Crippen LogP contribution in [0, 0.1) is 6.92 Å². The van der Waals surface area contributed by atoms with Crippen LogP contribution in [0.1, 0.15) is 62.6 Å². The summed E-state index contributed by atoms with van der Waals surface area (Å²) in [5.41, 5.74) is 2.70. The lowest BCUT2D eigenvalue weighted by Gasteiger charge is -2.20. The monoisotopic (exact) mass is 260 g/mol. The van der Waals surface area contributed by atoms with Crippen LogP contribution in [0.5, 0.6) is 0 Å². The summed E-state index contributed by atoms with van der Waals surface area (Å²) in [5.74, 6) is 0. The molecule has 1 atom stereocenters. The quantitative estimate of drug-likeness (QED) is 0.492. The zero-order valence-electron chi connectivity index (χ0n) is 12.5. The third-order valence-corrected chi connectivity index (χ3v) is 3.50. The molecular weight excluding hydrogens is 232 g/mol. The number of hydrogen-bond acceptors (Lipinski definition) is 2. The third-order valence-electron chi connectivity index (χ3n) is 3.50. The molecule has 1 unspecified atom stereocenters. The predicted molar refractivity (Wildman–Crippen MR) is 83.3 cm³/mol. The smallest absolute Gasteiger partial charge is 0.0338 e. The molecule has 0 saturated heterocycles. The molecule has 1 aromatic heterocycles. The maximum atomic E-state index is 4.28. The van der Waals surface area contributed by atoms with Gasteiger partial charge in [0.25, 0.3) is 0 Å². The summed E-state index contributed by atoms with van der Waals surface area (Å²) >= 11 is 0. The van der Waals surface area contributed by atoms with Gasteiger partial charge in [-0.25, -0.2) is 0 Å². The van der Waals surface area contributed by atoms with Gasteiger partial charge in [0.1, 0.15) is 0 Å². The number of allylic oxidation sites excluding steroid dienone is 1. The van der Waals surface area contributed by atoms with Crippen molar-refractivity contribution in [2.45, 2.75) is 58.4 Å². The number of aryl methyl sites for hydroxylation is 1. The molecule has 2 heteroatoms. The van der Waals surface area contributed by atoms with Gasteiger partial charge in [0.2, 0.25) is 0 Å². The van der Waals surface area contributed by atoms with Crippen LogP contribution in [0.15, 0.2) is 31.1 Å². The van der Waals surface area contributed by atoms with Gasteiger partial charge in [0, 0.05) is 18.4 Å². The fraction of sp³-hybridized carbons (Fsp3) is 0.588. The number of nitrogens with one attached hydrogen (secondary N) is 1. The van der Waals surface area contributed by atoms with E-state index in [0.29, 0.717) is 6.04 Å². The van der Waals surface area contributed by atoms with E-state index < -0.39 is 0 Å². The molecule has 2 nitrogen and oxygen atoms in total. The second-order valence-corrected chi connectivity index (χ2v) is 5.17. The Morgan fingerprint density at radius 1 is 1.37 bits per heavy atom. The SMILES string of the molecule is C=CCCCCCC(NCCC)c1cnccc1C. The van der Waals surface area contributed by atoms with Crippen LogP contribution in [0.4, 0.5) is 0 Å². The maximum Gasteiger partial charge on any atom is 0.0338 e. The van der Waals surface area contributed by atoms with Crippen LogP contribution >= 0.6 is 0 Å². The summed E-state index contributed by atoms with van der Waals surface area (Å²) in [6, 6.07) is 2.56. The Morgan fingerprint density at radius 3 is 2.89 bits per heavy atom. The first-order valence-electron chi connectivity index (χ1n) is 7.54. The minimum Gasteiger partial charge on any atom is -0.310 e. The summed E-state index contributed by atoms with van der Waals surface area (Å²) in [6.45, 7) is 9.24. The Labute approximate surface area is 118 Å². The summed E-state index contributed by atoms with van der Waals surface area (Å²) in [6.07, 6.45) is 13.2. The van der Waals surface area contributed by atoms with E-state index in [0.717, 1.165) is 13.0 Å². The van der Waals surface area contributed by atoms with Gasteiger partial charge < -0.3 is 5.32 Å². The number of nitrogens with zero attached hydrogens (tertiary/aromatic N) is 1. The molecule has 106 valence electrons. The number of rotatable bonds is 10. The molecule has 0 amide bonds. The van der Waals surface area contributed by atoms with Crippen molar-refractivity contribution < 1.29 is 0 Å². The molecule has 0 spiro atoms. The second kappa shape index (κ2) is 9.74. The molecule has 1 rings (SSSR count). The van der Waals surface area contributed by atoms with E-state index in [2.05, 4.69) is 36.8 Å². The zero-order valence-corrected chi connectivity index (χ0v) is 12.5. The van der Waals surface area contributed by atoms with Gasteiger partial charge in [0.15, 0.2) is 0 Å². The van der Waals surface area contributed by atoms with E-state index in [4.69, 9.17) is 0 Å². The first kappa shape index (κ1) is 15.9. The van der Waals surface area contributed by atoms with Crippen molar-refractivity contribution in [3.8, 4) is 0 Å². The molecule has 0 aliphatic heterocycles. The van der Waals surface area contributed by atoms with Gasteiger partial charge in [-0.1, -0.05) is 25.8 Å². The summed E-state index contributed by atoms with van der Waals surface area (Å²) < 4.78 is 0. The first-order valence-corrected chi connectivity index (χ1v) is 7.54. The van der Waals surface area contributed by atoms with Crippen molar-refractivity contribution >= 4 is 0 Å². The van der Waals surface area contributed by atoms with Gasteiger partial charge in [-0.3, -0.25) is 4.98 Å². The summed E-state index contributed by atoms with van der Waals surface area (Å²) in [4.78, 5) is 4.28. The van der Waals surface area contributed by atoms with Crippen LogP contribution in [-0.2, 0) is 0 Å². The van der Waals surface area contributed by atoms with E-state index in [1.165, 1.54) is 43.2 Å². The van der Waals surface area contributed by atoms with Gasteiger partial charge in [-0.05, 0) is 56.3 Å². The van der Waals surface area contributed by atoms with Crippen LogP contribution in [0.25, 0.3) is 0 Å². The molecule has 0 aromatic carbocycles. The maximum absolute atomic E-state index is 4.28. The Bertz CT molecular complexity index is 360. The van der Waals surface area contributed by atoms with Crippen molar-refractivity contribution in [3.05, 3.63) is 42.2 Å². The lowest BCUT2D eigenvalue weighted by molar-refractivity contribution is 0.469. The van der Waals surface area contributed by atoms with Crippen molar-refractivity contribution in [2.24, 2.45) is 0 Å². The highest BCUT2D eigenvalue weighted by Crippen LogP contribution is 2.22. The molecule has 0 aliphatic rings. The molecule has 19 heavy (non-hydrogen) atoms. The lowest BCUT2D eigenvalue weighted by atomic mass is 9.98. The molecule has 0 saturated carbocycles. The van der Waals surface area contributed by atoms with Crippen molar-refractivity contribution in [2.75, 3.05) is 6.54 Å². The normalized spacial score (nSPS) is 12.3. The zero-order chi connectivity index (χ0) is 13.9. The highest BCUT2D eigenvalue weighted by molar-refractivity contribution is 5.24. The largest absolute Gasteiger partial charge is 0.310 e. The fourth-order valence-corrected chi connectivity index (χ4v) is 2.34. The molecule has 0 aliphatic carbocycles. The van der Waals surface area contributed by atoms with Gasteiger partial charge >= 0.3 is 0 Å². The second-order valence-electron chi connectivity index (χ2n) is 5.17. The van der Waals surface area contributed by atoms with Crippen LogP contribution < -0.4 is 5.32 Å². The van der Waals surface area contributed by atoms with Gasteiger partial charge in [-0.15, -0.1) is 6.58 Å². The highest BCUT2D eigenvalue weighted by Gasteiger charge is 2.12. The Balaban J connectivity index is 2.52. The van der Waals surface area contributed by atoms with Crippen LogP contribution in [-0.4, -0.2) is 11.5 Å². The molecule has 0 fully saturated rings.